The quantitative estimate of drug-likeness (QED) is 0.465. The number of aromatic amines is 1. The standard InChI is InChI=1S/C21H23BrN4/c1-3-24(4-2)13-14-25-19-7-5-6-8-20(19)26-15-18(23-21(25)26)16-9-11-17(22)12-10-16/h5-12,15H,3-4,13-14H2,1-2H3/p+1. The van der Waals surface area contributed by atoms with Gasteiger partial charge < -0.3 is 4.90 Å². The van der Waals surface area contributed by atoms with Crippen molar-refractivity contribution in [2.24, 2.45) is 0 Å². The Labute approximate surface area is 162 Å². The molecule has 0 radical (unpaired) electrons. The fourth-order valence-electron chi connectivity index (χ4n) is 3.58. The van der Waals surface area contributed by atoms with Crippen LogP contribution in [0.25, 0.3) is 28.1 Å². The largest absolute Gasteiger partial charge is 0.368 e. The van der Waals surface area contributed by atoms with Gasteiger partial charge in [-0.1, -0.05) is 54.0 Å². The van der Waals surface area contributed by atoms with Crippen LogP contribution in [0.4, 0.5) is 0 Å². The van der Waals surface area contributed by atoms with E-state index in [1.807, 2.05) is 0 Å². The van der Waals surface area contributed by atoms with Crippen LogP contribution in [0.5, 0.6) is 0 Å². The SMILES string of the molecule is CCN(CC)CC[n+]1c2ccccc2n2cc(-c3ccc(Br)cc3)[nH]c21. The number of fused-ring (bicyclic) bond motifs is 3. The van der Waals surface area contributed by atoms with Crippen LogP contribution in [0.1, 0.15) is 13.8 Å². The third-order valence-electron chi connectivity index (χ3n) is 5.11. The number of para-hydroxylation sites is 2. The second-order valence-corrected chi connectivity index (χ2v) is 7.45. The van der Waals surface area contributed by atoms with Crippen LogP contribution in [0.15, 0.2) is 59.2 Å². The number of hydrogen-bond acceptors (Lipinski definition) is 1. The van der Waals surface area contributed by atoms with Gasteiger partial charge >= 0.3 is 5.78 Å². The highest BCUT2D eigenvalue weighted by molar-refractivity contribution is 9.10. The summed E-state index contributed by atoms with van der Waals surface area (Å²) >= 11 is 3.51. The van der Waals surface area contributed by atoms with E-state index in [0.29, 0.717) is 0 Å². The number of halogens is 1. The first-order valence-electron chi connectivity index (χ1n) is 9.21. The van der Waals surface area contributed by atoms with Crippen LogP contribution in [0, 0.1) is 0 Å². The molecule has 0 unspecified atom stereocenters. The predicted molar refractivity (Wildman–Crippen MR) is 110 cm³/mol. The lowest BCUT2D eigenvalue weighted by Crippen LogP contribution is -2.40. The van der Waals surface area contributed by atoms with Crippen molar-refractivity contribution in [1.82, 2.24) is 14.3 Å². The zero-order chi connectivity index (χ0) is 18.1. The Bertz CT molecular complexity index is 1030. The van der Waals surface area contributed by atoms with E-state index in [4.69, 9.17) is 0 Å². The molecule has 0 aliphatic heterocycles. The molecule has 0 aliphatic carbocycles. The maximum atomic E-state index is 3.64. The van der Waals surface area contributed by atoms with Gasteiger partial charge in [0.15, 0.2) is 0 Å². The van der Waals surface area contributed by atoms with E-state index >= 15 is 0 Å². The van der Waals surface area contributed by atoms with Crippen molar-refractivity contribution < 1.29 is 4.57 Å². The normalized spacial score (nSPS) is 11.8. The Kier molecular flexibility index (Phi) is 4.83. The summed E-state index contributed by atoms with van der Waals surface area (Å²) in [5, 5.41) is 0. The summed E-state index contributed by atoms with van der Waals surface area (Å²) in [6.07, 6.45) is 2.20. The summed E-state index contributed by atoms with van der Waals surface area (Å²) in [6.45, 7) is 8.64. The average Bonchev–Trinajstić information content (AvgIpc) is 3.22. The summed E-state index contributed by atoms with van der Waals surface area (Å²) < 4.78 is 5.77. The van der Waals surface area contributed by atoms with Gasteiger partial charge in [-0.2, -0.15) is 4.40 Å². The van der Waals surface area contributed by atoms with E-state index in [9.17, 15) is 0 Å². The van der Waals surface area contributed by atoms with Gasteiger partial charge in [0.05, 0.1) is 6.54 Å². The Morgan fingerprint density at radius 2 is 1.77 bits per heavy atom. The minimum absolute atomic E-state index is 0.971. The zero-order valence-corrected chi connectivity index (χ0v) is 16.8. The topological polar surface area (TPSA) is 27.3 Å². The van der Waals surface area contributed by atoms with Crippen LogP contribution >= 0.6 is 15.9 Å². The molecule has 4 aromatic rings. The molecule has 0 saturated heterocycles. The molecule has 0 bridgehead atoms. The molecule has 4 nitrogen and oxygen atoms in total. The van der Waals surface area contributed by atoms with Gasteiger partial charge in [-0.25, -0.2) is 9.55 Å². The van der Waals surface area contributed by atoms with Crippen molar-refractivity contribution in [3.63, 3.8) is 0 Å². The molecule has 26 heavy (non-hydrogen) atoms. The van der Waals surface area contributed by atoms with Crippen LogP contribution < -0.4 is 4.57 Å². The molecule has 2 aromatic carbocycles. The highest BCUT2D eigenvalue weighted by Crippen LogP contribution is 2.23. The van der Waals surface area contributed by atoms with Crippen molar-refractivity contribution in [2.75, 3.05) is 19.6 Å². The van der Waals surface area contributed by atoms with E-state index in [1.165, 1.54) is 16.6 Å². The number of aromatic nitrogens is 3. The summed E-state index contributed by atoms with van der Waals surface area (Å²) in [6, 6.07) is 17.1. The Balaban J connectivity index is 1.81. The molecule has 4 rings (SSSR count). The molecule has 5 heteroatoms. The van der Waals surface area contributed by atoms with Gasteiger partial charge in [0.25, 0.3) is 0 Å². The summed E-state index contributed by atoms with van der Waals surface area (Å²) in [7, 11) is 0. The highest BCUT2D eigenvalue weighted by Gasteiger charge is 2.21. The van der Waals surface area contributed by atoms with Crippen LogP contribution in [-0.4, -0.2) is 33.9 Å². The first-order valence-corrected chi connectivity index (χ1v) is 10.0. The van der Waals surface area contributed by atoms with E-state index in [-0.39, 0.29) is 0 Å². The number of benzene rings is 2. The highest BCUT2D eigenvalue weighted by atomic mass is 79.9. The minimum Gasteiger partial charge on any atom is -0.301 e. The van der Waals surface area contributed by atoms with Crippen molar-refractivity contribution in [2.45, 2.75) is 20.4 Å². The van der Waals surface area contributed by atoms with Gasteiger partial charge in [0, 0.05) is 16.6 Å². The van der Waals surface area contributed by atoms with Gasteiger partial charge in [-0.15, -0.1) is 0 Å². The fraction of sp³-hybridized carbons (Fsp3) is 0.286. The maximum Gasteiger partial charge on any atom is 0.368 e. The van der Waals surface area contributed by atoms with Crippen molar-refractivity contribution in [3.8, 4) is 11.3 Å². The van der Waals surface area contributed by atoms with E-state index < -0.39 is 0 Å². The number of likely N-dealkylation sites (N-methyl/N-ethyl adjacent to an activating group) is 1. The number of H-pyrrole nitrogens is 1. The fourth-order valence-corrected chi connectivity index (χ4v) is 3.84. The summed E-state index contributed by atoms with van der Waals surface area (Å²) in [5.74, 6) is 1.14. The van der Waals surface area contributed by atoms with Crippen molar-refractivity contribution in [3.05, 3.63) is 59.2 Å². The van der Waals surface area contributed by atoms with Crippen LogP contribution in [0.3, 0.4) is 0 Å². The van der Waals surface area contributed by atoms with Crippen LogP contribution in [-0.2, 0) is 6.54 Å². The average molecular weight is 412 g/mol. The molecular weight excluding hydrogens is 388 g/mol. The summed E-state index contributed by atoms with van der Waals surface area (Å²) in [4.78, 5) is 6.10. The minimum atomic E-state index is 0.971. The molecule has 0 atom stereocenters. The first kappa shape index (κ1) is 17.3. The Morgan fingerprint density at radius 1 is 1.04 bits per heavy atom. The molecule has 0 amide bonds. The Hall–Kier alpha value is -2.11. The molecule has 0 fully saturated rings. The lowest BCUT2D eigenvalue weighted by molar-refractivity contribution is -0.647. The monoisotopic (exact) mass is 411 g/mol. The van der Waals surface area contributed by atoms with Gasteiger partial charge in [-0.3, -0.25) is 0 Å². The Morgan fingerprint density at radius 3 is 2.50 bits per heavy atom. The maximum absolute atomic E-state index is 3.64. The lowest BCUT2D eigenvalue weighted by Gasteiger charge is -2.16. The van der Waals surface area contributed by atoms with E-state index in [2.05, 4.69) is 103 Å². The molecule has 2 heterocycles. The van der Waals surface area contributed by atoms with Gasteiger partial charge in [0.1, 0.15) is 22.9 Å². The van der Waals surface area contributed by atoms with Crippen LogP contribution in [0.2, 0.25) is 0 Å². The third kappa shape index (κ3) is 3.06. The smallest absolute Gasteiger partial charge is 0.301 e. The molecule has 0 aliphatic rings. The van der Waals surface area contributed by atoms with Crippen molar-refractivity contribution in [1.29, 1.82) is 0 Å². The molecule has 2 aromatic heterocycles. The van der Waals surface area contributed by atoms with Crippen molar-refractivity contribution >= 4 is 32.7 Å². The molecule has 0 spiro atoms. The van der Waals surface area contributed by atoms with Gasteiger partial charge in [-0.05, 0) is 37.4 Å². The second kappa shape index (κ2) is 7.25. The number of rotatable bonds is 6. The van der Waals surface area contributed by atoms with E-state index in [0.717, 1.165) is 42.1 Å². The lowest BCUT2D eigenvalue weighted by atomic mass is 10.2. The number of nitrogens with zero attached hydrogens (tertiary/aromatic N) is 3. The first-order chi connectivity index (χ1) is 12.7. The van der Waals surface area contributed by atoms with E-state index in [1.54, 1.807) is 0 Å². The number of imidazole rings is 2. The molecule has 134 valence electrons. The molecular formula is C21H24BrN4+. The third-order valence-corrected chi connectivity index (χ3v) is 5.64. The predicted octanol–water partition coefficient (Wildman–Crippen LogP) is 4.48. The van der Waals surface area contributed by atoms with Gasteiger partial charge in [0.2, 0.25) is 0 Å². The summed E-state index contributed by atoms with van der Waals surface area (Å²) in [5.41, 5.74) is 4.83. The number of hydrogen-bond donors (Lipinski definition) is 1. The number of nitrogens with one attached hydrogen (secondary N) is 1. The zero-order valence-electron chi connectivity index (χ0n) is 15.2. The molecule has 1 N–H and O–H groups in total. The molecule has 0 saturated carbocycles. The second-order valence-electron chi connectivity index (χ2n) is 6.54.